The third-order valence-corrected chi connectivity index (χ3v) is 3.33. The summed E-state index contributed by atoms with van der Waals surface area (Å²) >= 11 is 3.42. The Kier molecular flexibility index (Phi) is 1.77. The van der Waals surface area contributed by atoms with Crippen molar-refractivity contribution in [3.8, 4) is 0 Å². The summed E-state index contributed by atoms with van der Waals surface area (Å²) in [5.41, 5.74) is 7.47. The van der Waals surface area contributed by atoms with Crippen LogP contribution in [-0.2, 0) is 5.41 Å². The molecule has 1 aromatic carbocycles. The second-order valence-corrected chi connectivity index (χ2v) is 4.65. The van der Waals surface area contributed by atoms with Crippen LogP contribution in [0.25, 0.3) is 0 Å². The van der Waals surface area contributed by atoms with E-state index < -0.39 is 0 Å². The molecule has 2 atom stereocenters. The predicted molar refractivity (Wildman–Crippen MR) is 54.1 cm³/mol. The molecule has 2 rings (SSSR count). The van der Waals surface area contributed by atoms with Crippen LogP contribution in [0.15, 0.2) is 28.7 Å². The van der Waals surface area contributed by atoms with Crippen LogP contribution in [0.4, 0.5) is 0 Å². The van der Waals surface area contributed by atoms with Crippen molar-refractivity contribution in [3.63, 3.8) is 0 Å². The van der Waals surface area contributed by atoms with Crippen molar-refractivity contribution in [2.45, 2.75) is 24.8 Å². The third kappa shape index (κ3) is 1.19. The smallest absolute Gasteiger partial charge is 0.0175 e. The molecule has 0 aliphatic heterocycles. The van der Waals surface area contributed by atoms with Crippen LogP contribution in [0.5, 0.6) is 0 Å². The number of nitrogens with two attached hydrogens (primary N) is 1. The SMILES string of the molecule is CC1(c2ccc(Br)cc2)C[C@H]1N. The second-order valence-electron chi connectivity index (χ2n) is 3.73. The first-order valence-electron chi connectivity index (χ1n) is 4.14. The Balaban J connectivity index is 2.31. The molecule has 1 fully saturated rings. The number of halogens is 1. The first kappa shape index (κ1) is 8.27. The van der Waals surface area contributed by atoms with Gasteiger partial charge < -0.3 is 5.73 Å². The Hall–Kier alpha value is -0.340. The molecule has 0 bridgehead atoms. The summed E-state index contributed by atoms with van der Waals surface area (Å²) in [4.78, 5) is 0. The highest BCUT2D eigenvalue weighted by Crippen LogP contribution is 2.46. The van der Waals surface area contributed by atoms with E-state index in [0.717, 1.165) is 10.9 Å². The highest BCUT2D eigenvalue weighted by atomic mass is 79.9. The summed E-state index contributed by atoms with van der Waals surface area (Å²) in [5, 5.41) is 0. The molecule has 2 N–H and O–H groups in total. The third-order valence-electron chi connectivity index (χ3n) is 2.81. The fourth-order valence-electron chi connectivity index (χ4n) is 1.56. The Labute approximate surface area is 81.1 Å². The van der Waals surface area contributed by atoms with Crippen LogP contribution in [0, 0.1) is 0 Å². The van der Waals surface area contributed by atoms with Crippen molar-refractivity contribution in [2.24, 2.45) is 5.73 Å². The summed E-state index contributed by atoms with van der Waals surface area (Å²) in [6.07, 6.45) is 1.12. The summed E-state index contributed by atoms with van der Waals surface area (Å²) in [6, 6.07) is 8.81. The van der Waals surface area contributed by atoms with E-state index in [9.17, 15) is 0 Å². The van der Waals surface area contributed by atoms with Crippen LogP contribution in [-0.4, -0.2) is 6.04 Å². The lowest BCUT2D eigenvalue weighted by atomic mass is 9.98. The number of hydrogen-bond donors (Lipinski definition) is 1. The minimum absolute atomic E-state index is 0.251. The lowest BCUT2D eigenvalue weighted by Gasteiger charge is -2.09. The molecule has 1 aliphatic rings. The highest BCUT2D eigenvalue weighted by Gasteiger charge is 2.48. The van der Waals surface area contributed by atoms with Gasteiger partial charge in [0.15, 0.2) is 0 Å². The van der Waals surface area contributed by atoms with Crippen LogP contribution < -0.4 is 5.73 Å². The standard InChI is InChI=1S/C10H12BrN/c1-10(6-9(10)12)7-2-4-8(11)5-3-7/h2-5,9H,6,12H2,1H3/t9-,10?/m1/s1. The van der Waals surface area contributed by atoms with Crippen molar-refractivity contribution >= 4 is 15.9 Å². The van der Waals surface area contributed by atoms with Crippen LogP contribution in [0.1, 0.15) is 18.9 Å². The van der Waals surface area contributed by atoms with Crippen molar-refractivity contribution < 1.29 is 0 Å². The Morgan fingerprint density at radius 1 is 1.42 bits per heavy atom. The monoisotopic (exact) mass is 225 g/mol. The molecule has 64 valence electrons. The summed E-state index contributed by atoms with van der Waals surface area (Å²) in [7, 11) is 0. The van der Waals surface area contributed by atoms with Gasteiger partial charge in [0.25, 0.3) is 0 Å². The van der Waals surface area contributed by atoms with Gasteiger partial charge in [0.05, 0.1) is 0 Å². The Morgan fingerprint density at radius 2 is 1.92 bits per heavy atom. The van der Waals surface area contributed by atoms with Gasteiger partial charge in [0, 0.05) is 15.9 Å². The fourth-order valence-corrected chi connectivity index (χ4v) is 1.82. The van der Waals surface area contributed by atoms with Gasteiger partial charge in [-0.05, 0) is 24.1 Å². The number of rotatable bonds is 1. The Morgan fingerprint density at radius 3 is 2.33 bits per heavy atom. The van der Waals surface area contributed by atoms with E-state index >= 15 is 0 Å². The molecule has 0 aromatic heterocycles. The van der Waals surface area contributed by atoms with Crippen LogP contribution >= 0.6 is 15.9 Å². The molecular weight excluding hydrogens is 214 g/mol. The van der Waals surface area contributed by atoms with Gasteiger partial charge in [0.2, 0.25) is 0 Å². The molecule has 1 aromatic rings. The minimum atomic E-state index is 0.251. The van der Waals surface area contributed by atoms with Crippen LogP contribution in [0.2, 0.25) is 0 Å². The van der Waals surface area contributed by atoms with E-state index in [2.05, 4.69) is 47.1 Å². The second kappa shape index (κ2) is 2.57. The zero-order valence-corrected chi connectivity index (χ0v) is 8.64. The summed E-state index contributed by atoms with van der Waals surface area (Å²) in [6.45, 7) is 2.22. The fraction of sp³-hybridized carbons (Fsp3) is 0.400. The maximum atomic E-state index is 5.86. The lowest BCUT2D eigenvalue weighted by Crippen LogP contribution is -2.14. The van der Waals surface area contributed by atoms with Gasteiger partial charge in [-0.2, -0.15) is 0 Å². The van der Waals surface area contributed by atoms with E-state index in [1.54, 1.807) is 0 Å². The lowest BCUT2D eigenvalue weighted by molar-refractivity contribution is 0.741. The van der Waals surface area contributed by atoms with E-state index in [0.29, 0.717) is 6.04 Å². The largest absolute Gasteiger partial charge is 0.327 e. The highest BCUT2D eigenvalue weighted by molar-refractivity contribution is 9.10. The maximum Gasteiger partial charge on any atom is 0.0175 e. The zero-order valence-electron chi connectivity index (χ0n) is 7.05. The topological polar surface area (TPSA) is 26.0 Å². The first-order valence-corrected chi connectivity index (χ1v) is 4.94. The molecule has 1 nitrogen and oxygen atoms in total. The summed E-state index contributed by atoms with van der Waals surface area (Å²) < 4.78 is 1.13. The van der Waals surface area contributed by atoms with E-state index in [4.69, 9.17) is 5.73 Å². The molecular formula is C10H12BrN. The van der Waals surface area contributed by atoms with Gasteiger partial charge in [0.1, 0.15) is 0 Å². The Bertz CT molecular complexity index is 293. The van der Waals surface area contributed by atoms with Crippen molar-refractivity contribution in [1.29, 1.82) is 0 Å². The van der Waals surface area contributed by atoms with Crippen molar-refractivity contribution in [1.82, 2.24) is 0 Å². The van der Waals surface area contributed by atoms with E-state index in [1.807, 2.05) is 0 Å². The zero-order chi connectivity index (χ0) is 8.77. The molecule has 0 heterocycles. The van der Waals surface area contributed by atoms with Crippen molar-refractivity contribution in [2.75, 3.05) is 0 Å². The molecule has 1 aliphatic carbocycles. The molecule has 12 heavy (non-hydrogen) atoms. The molecule has 1 saturated carbocycles. The van der Waals surface area contributed by atoms with E-state index in [-0.39, 0.29) is 5.41 Å². The predicted octanol–water partition coefficient (Wildman–Crippen LogP) is 2.44. The van der Waals surface area contributed by atoms with E-state index in [1.165, 1.54) is 5.56 Å². The summed E-state index contributed by atoms with van der Waals surface area (Å²) in [5.74, 6) is 0. The van der Waals surface area contributed by atoms with Gasteiger partial charge in [-0.3, -0.25) is 0 Å². The molecule has 0 spiro atoms. The van der Waals surface area contributed by atoms with Gasteiger partial charge >= 0.3 is 0 Å². The average molecular weight is 226 g/mol. The van der Waals surface area contributed by atoms with Crippen LogP contribution in [0.3, 0.4) is 0 Å². The van der Waals surface area contributed by atoms with Gasteiger partial charge in [-0.15, -0.1) is 0 Å². The molecule has 1 unspecified atom stereocenters. The molecule has 0 radical (unpaired) electrons. The number of hydrogen-bond acceptors (Lipinski definition) is 1. The normalized spacial score (nSPS) is 33.4. The minimum Gasteiger partial charge on any atom is -0.327 e. The quantitative estimate of drug-likeness (QED) is 0.781. The molecule has 0 saturated heterocycles. The maximum absolute atomic E-state index is 5.86. The van der Waals surface area contributed by atoms with Gasteiger partial charge in [-0.25, -0.2) is 0 Å². The van der Waals surface area contributed by atoms with Gasteiger partial charge in [-0.1, -0.05) is 35.0 Å². The number of benzene rings is 1. The first-order chi connectivity index (χ1) is 5.63. The van der Waals surface area contributed by atoms with Crippen molar-refractivity contribution in [3.05, 3.63) is 34.3 Å². The molecule has 0 amide bonds. The average Bonchev–Trinajstić information content (AvgIpc) is 2.62. The molecule has 2 heteroatoms.